The predicted molar refractivity (Wildman–Crippen MR) is 150 cm³/mol. The van der Waals surface area contributed by atoms with Gasteiger partial charge in [0.1, 0.15) is 23.0 Å². The minimum absolute atomic E-state index is 0.172. The van der Waals surface area contributed by atoms with Crippen molar-refractivity contribution in [1.82, 2.24) is 19.4 Å². The van der Waals surface area contributed by atoms with E-state index in [4.69, 9.17) is 31.8 Å². The first kappa shape index (κ1) is 28.1. The first-order valence-corrected chi connectivity index (χ1v) is 13.2. The fourth-order valence-corrected chi connectivity index (χ4v) is 4.69. The Balaban J connectivity index is 1.60. The van der Waals surface area contributed by atoms with Crippen molar-refractivity contribution >= 4 is 51.2 Å². The van der Waals surface area contributed by atoms with E-state index in [2.05, 4.69) is 9.55 Å². The fourth-order valence-electron chi connectivity index (χ4n) is 4.52. The monoisotopic (exact) mass is 553 g/mol. The van der Waals surface area contributed by atoms with Crippen molar-refractivity contribution in [3.63, 3.8) is 0 Å². The zero-order valence-corrected chi connectivity index (χ0v) is 22.7. The number of aliphatic carboxylic acids is 1. The van der Waals surface area contributed by atoms with Crippen LogP contribution in [0.4, 0.5) is 5.82 Å². The van der Waals surface area contributed by atoms with Crippen LogP contribution in [0.2, 0.25) is 0 Å². The van der Waals surface area contributed by atoms with Gasteiger partial charge < -0.3 is 29.8 Å². The van der Waals surface area contributed by atoms with E-state index in [-0.39, 0.29) is 18.3 Å². The summed E-state index contributed by atoms with van der Waals surface area (Å²) in [7, 11) is 1.65. The Kier molecular flexibility index (Phi) is 9.21. The number of nitrogens with zero attached hydrogens (tertiary/aromatic N) is 4. The smallest absolute Gasteiger partial charge is 0.344 e. The van der Waals surface area contributed by atoms with Gasteiger partial charge in [0.2, 0.25) is 5.91 Å². The molecule has 0 aliphatic heterocycles. The number of aryl methyl sites for hydroxylation is 1. The molecule has 0 radical (unpaired) electrons. The number of hydrogen-bond donors (Lipinski definition) is 2. The average molecular weight is 554 g/mol. The summed E-state index contributed by atoms with van der Waals surface area (Å²) < 4.78 is 13.1. The number of hydrogen-bond acceptors (Lipinski definition) is 7. The molecule has 0 saturated heterocycles. The van der Waals surface area contributed by atoms with E-state index in [1.54, 1.807) is 24.1 Å². The van der Waals surface area contributed by atoms with Gasteiger partial charge in [-0.3, -0.25) is 4.79 Å². The molecule has 206 valence electrons. The lowest BCUT2D eigenvalue weighted by Crippen LogP contribution is -2.33. The number of halogens is 1. The molecule has 1 amide bonds. The molecule has 2 aromatic carbocycles. The zero-order valence-electron chi connectivity index (χ0n) is 22.0. The molecule has 4 aromatic rings. The molecule has 0 fully saturated rings. The summed E-state index contributed by atoms with van der Waals surface area (Å²) in [4.78, 5) is 35.1. The Bertz CT molecular complexity index is 1470. The third-order valence-corrected chi connectivity index (χ3v) is 6.71. The molecular formula is C28H32ClN5O5. The van der Waals surface area contributed by atoms with E-state index >= 15 is 0 Å². The van der Waals surface area contributed by atoms with E-state index < -0.39 is 12.1 Å². The van der Waals surface area contributed by atoms with Crippen LogP contribution < -0.4 is 10.5 Å². The maximum Gasteiger partial charge on any atom is 0.344 e. The van der Waals surface area contributed by atoms with E-state index in [1.807, 2.05) is 36.4 Å². The third kappa shape index (κ3) is 6.40. The maximum atomic E-state index is 12.8. The number of ether oxygens (including phenoxy) is 2. The first-order chi connectivity index (χ1) is 18.8. The molecule has 0 bridgehead atoms. The number of nitrogen functional groups attached to an aromatic ring is 1. The van der Waals surface area contributed by atoms with Gasteiger partial charge in [0.05, 0.1) is 17.6 Å². The first-order valence-electron chi connectivity index (χ1n) is 12.7. The number of para-hydroxylation sites is 2. The highest BCUT2D eigenvalue weighted by Gasteiger charge is 2.20. The van der Waals surface area contributed by atoms with Crippen LogP contribution in [-0.4, -0.2) is 68.7 Å². The zero-order chi connectivity index (χ0) is 27.9. The maximum absolute atomic E-state index is 12.8. The summed E-state index contributed by atoms with van der Waals surface area (Å²) in [6, 6.07) is 14.9. The van der Waals surface area contributed by atoms with Crippen LogP contribution in [0.15, 0.2) is 48.5 Å². The van der Waals surface area contributed by atoms with Crippen LogP contribution >= 0.6 is 11.6 Å². The minimum atomic E-state index is -1.07. The molecule has 39 heavy (non-hydrogen) atoms. The second-order valence-electron chi connectivity index (χ2n) is 9.14. The second kappa shape index (κ2) is 12.8. The molecular weight excluding hydrogens is 522 g/mol. The number of aromatic nitrogens is 3. The largest absolute Gasteiger partial charge is 0.479 e. The van der Waals surface area contributed by atoms with Crippen molar-refractivity contribution in [3.8, 4) is 5.75 Å². The van der Waals surface area contributed by atoms with Crippen molar-refractivity contribution in [2.45, 2.75) is 39.0 Å². The molecule has 2 heterocycles. The summed E-state index contributed by atoms with van der Waals surface area (Å²) in [6.45, 7) is 3.18. The Hall–Kier alpha value is -3.89. The molecule has 11 heteroatoms. The summed E-state index contributed by atoms with van der Waals surface area (Å²) >= 11 is 5.95. The number of anilines is 1. The van der Waals surface area contributed by atoms with Crippen molar-refractivity contribution in [1.29, 1.82) is 0 Å². The number of imidazole rings is 1. The number of amides is 1. The number of fused-ring (bicyclic) bond motifs is 3. The molecule has 1 unspecified atom stereocenters. The summed E-state index contributed by atoms with van der Waals surface area (Å²) in [5.41, 5.74) is 9.32. The number of nitrogens with two attached hydrogens (primary N) is 1. The number of rotatable bonds is 13. The molecule has 0 saturated carbocycles. The number of carboxylic acid groups (broad SMARTS) is 1. The molecule has 0 aliphatic rings. The number of alkyl halides is 1. The van der Waals surface area contributed by atoms with E-state index in [9.17, 15) is 14.7 Å². The molecule has 0 aliphatic carbocycles. The van der Waals surface area contributed by atoms with Gasteiger partial charge in [0.15, 0.2) is 11.9 Å². The number of benzene rings is 2. The Morgan fingerprint density at radius 3 is 2.64 bits per heavy atom. The van der Waals surface area contributed by atoms with E-state index in [0.29, 0.717) is 55.2 Å². The second-order valence-corrected chi connectivity index (χ2v) is 9.41. The van der Waals surface area contributed by atoms with Gasteiger partial charge in [0, 0.05) is 44.1 Å². The quantitative estimate of drug-likeness (QED) is 0.238. The molecule has 0 spiro atoms. The van der Waals surface area contributed by atoms with Crippen LogP contribution in [-0.2, 0) is 33.8 Å². The van der Waals surface area contributed by atoms with Crippen LogP contribution in [0.1, 0.15) is 24.7 Å². The van der Waals surface area contributed by atoms with Gasteiger partial charge in [-0.2, -0.15) is 0 Å². The highest BCUT2D eigenvalue weighted by Crippen LogP contribution is 2.29. The Labute approximate surface area is 231 Å². The van der Waals surface area contributed by atoms with Crippen molar-refractivity contribution in [2.24, 2.45) is 0 Å². The van der Waals surface area contributed by atoms with Crippen LogP contribution in [0.25, 0.3) is 21.9 Å². The Morgan fingerprint density at radius 2 is 1.90 bits per heavy atom. The van der Waals surface area contributed by atoms with Crippen molar-refractivity contribution < 1.29 is 24.2 Å². The van der Waals surface area contributed by atoms with E-state index in [1.165, 1.54) is 6.92 Å². The van der Waals surface area contributed by atoms with Crippen LogP contribution in [0.3, 0.4) is 0 Å². The lowest BCUT2D eigenvalue weighted by Gasteiger charge is -2.24. The molecule has 3 N–H and O–H groups in total. The van der Waals surface area contributed by atoms with Gasteiger partial charge in [0.25, 0.3) is 0 Å². The normalized spacial score (nSPS) is 12.1. The van der Waals surface area contributed by atoms with Crippen LogP contribution in [0, 0.1) is 0 Å². The molecule has 2 aromatic heterocycles. The summed E-state index contributed by atoms with van der Waals surface area (Å²) in [5.74, 6) is 0.136. The highest BCUT2D eigenvalue weighted by atomic mass is 35.5. The number of carboxylic acids is 1. The van der Waals surface area contributed by atoms with Crippen molar-refractivity contribution in [2.75, 3.05) is 31.9 Å². The lowest BCUT2D eigenvalue weighted by molar-refractivity contribution is -0.144. The summed E-state index contributed by atoms with van der Waals surface area (Å²) in [6.07, 6.45) is 0.176. The Morgan fingerprint density at radius 1 is 1.15 bits per heavy atom. The van der Waals surface area contributed by atoms with Crippen LogP contribution in [0.5, 0.6) is 5.75 Å². The molecule has 10 nitrogen and oxygen atoms in total. The standard InChI is InChI=1S/C28H32ClN5O5/c1-18(28(36)37)39-22-11-6-3-8-19(22)17-33(24(35)16-29)13-7-14-34-23(12-15-38-2)32-25-26(34)20-9-4-5-10-21(20)31-27(25)30/h3-6,8-11,18H,7,12-17H2,1-2H3,(H2,30,31)(H,36,37). The average Bonchev–Trinajstić information content (AvgIpc) is 3.30. The fraction of sp³-hybridized carbons (Fsp3) is 0.357. The van der Waals surface area contributed by atoms with Gasteiger partial charge in [-0.25, -0.2) is 14.8 Å². The van der Waals surface area contributed by atoms with Gasteiger partial charge in [-0.05, 0) is 25.5 Å². The predicted octanol–water partition coefficient (Wildman–Crippen LogP) is 3.87. The number of methoxy groups -OCH3 is 1. The van der Waals surface area contributed by atoms with E-state index in [0.717, 1.165) is 22.2 Å². The van der Waals surface area contributed by atoms with Gasteiger partial charge in [-0.1, -0.05) is 36.4 Å². The topological polar surface area (TPSA) is 133 Å². The number of carbonyl (C=O) groups is 2. The molecule has 1 atom stereocenters. The van der Waals surface area contributed by atoms with Crippen molar-refractivity contribution in [3.05, 3.63) is 59.9 Å². The summed E-state index contributed by atoms with van der Waals surface area (Å²) in [5, 5.41) is 10.2. The number of pyridine rings is 1. The van der Waals surface area contributed by atoms with Gasteiger partial charge in [-0.15, -0.1) is 11.6 Å². The molecule has 4 rings (SSSR count). The van der Waals surface area contributed by atoms with Gasteiger partial charge >= 0.3 is 5.97 Å². The minimum Gasteiger partial charge on any atom is -0.479 e. The lowest BCUT2D eigenvalue weighted by atomic mass is 10.1. The number of carbonyl (C=O) groups excluding carboxylic acids is 1. The highest BCUT2D eigenvalue weighted by molar-refractivity contribution is 6.27. The SMILES string of the molecule is COCCc1nc2c(N)nc3ccccc3c2n1CCCN(Cc1ccccc1OC(C)C(=O)O)C(=O)CCl. The third-order valence-electron chi connectivity index (χ3n) is 6.48.